The molecular formula is C10H16BrN3. The van der Waals surface area contributed by atoms with E-state index in [1.165, 1.54) is 32.1 Å². The van der Waals surface area contributed by atoms with Crippen molar-refractivity contribution >= 4 is 15.9 Å². The van der Waals surface area contributed by atoms with Crippen LogP contribution in [0.25, 0.3) is 0 Å². The smallest absolute Gasteiger partial charge is 0.120 e. The van der Waals surface area contributed by atoms with Gasteiger partial charge in [0.15, 0.2) is 0 Å². The van der Waals surface area contributed by atoms with Crippen molar-refractivity contribution in [3.63, 3.8) is 0 Å². The minimum atomic E-state index is 0.702. The third kappa shape index (κ3) is 2.82. The van der Waals surface area contributed by atoms with Crippen molar-refractivity contribution in [2.24, 2.45) is 0 Å². The van der Waals surface area contributed by atoms with Crippen LogP contribution in [0.2, 0.25) is 0 Å². The van der Waals surface area contributed by atoms with Gasteiger partial charge in [0, 0.05) is 6.04 Å². The van der Waals surface area contributed by atoms with Crippen molar-refractivity contribution in [2.45, 2.75) is 44.7 Å². The second-order valence-corrected chi connectivity index (χ2v) is 4.75. The van der Waals surface area contributed by atoms with Gasteiger partial charge in [0.05, 0.1) is 12.7 Å². The number of nitrogens with one attached hydrogen (secondary N) is 2. The second kappa shape index (κ2) is 4.94. The summed E-state index contributed by atoms with van der Waals surface area (Å²) >= 11 is 3.35. The van der Waals surface area contributed by atoms with Crippen LogP contribution in [0.15, 0.2) is 10.8 Å². The summed E-state index contributed by atoms with van der Waals surface area (Å²) in [5.41, 5.74) is 0. The Morgan fingerprint density at radius 1 is 1.43 bits per heavy atom. The SMILES string of the molecule is Brc1cnc(CNC2CCCCC2)[nH]1. The van der Waals surface area contributed by atoms with E-state index < -0.39 is 0 Å². The maximum absolute atomic E-state index is 4.24. The van der Waals surface area contributed by atoms with Gasteiger partial charge in [-0.05, 0) is 28.8 Å². The van der Waals surface area contributed by atoms with Crippen molar-refractivity contribution in [3.8, 4) is 0 Å². The predicted octanol–water partition coefficient (Wildman–Crippen LogP) is 2.59. The summed E-state index contributed by atoms with van der Waals surface area (Å²) in [5, 5.41) is 3.54. The van der Waals surface area contributed by atoms with Crippen molar-refractivity contribution in [2.75, 3.05) is 0 Å². The maximum Gasteiger partial charge on any atom is 0.120 e. The first-order valence-corrected chi connectivity index (χ1v) is 6.06. The number of hydrogen-bond acceptors (Lipinski definition) is 2. The van der Waals surface area contributed by atoms with Crippen molar-refractivity contribution < 1.29 is 0 Å². The van der Waals surface area contributed by atoms with Crippen LogP contribution < -0.4 is 5.32 Å². The molecule has 3 nitrogen and oxygen atoms in total. The van der Waals surface area contributed by atoms with E-state index in [1.54, 1.807) is 6.20 Å². The minimum absolute atomic E-state index is 0.702. The number of aromatic nitrogens is 2. The molecule has 0 amide bonds. The molecule has 1 aliphatic carbocycles. The lowest BCUT2D eigenvalue weighted by atomic mass is 9.95. The zero-order chi connectivity index (χ0) is 9.80. The molecule has 0 spiro atoms. The summed E-state index contributed by atoms with van der Waals surface area (Å²) in [7, 11) is 0. The standard InChI is InChI=1S/C10H16BrN3/c11-9-6-13-10(14-9)7-12-8-4-2-1-3-5-8/h6,8,12H,1-5,7H2,(H,13,14). The second-order valence-electron chi connectivity index (χ2n) is 3.89. The summed E-state index contributed by atoms with van der Waals surface area (Å²) in [4.78, 5) is 7.39. The Labute approximate surface area is 92.8 Å². The highest BCUT2D eigenvalue weighted by atomic mass is 79.9. The number of aromatic amines is 1. The lowest BCUT2D eigenvalue weighted by Crippen LogP contribution is -2.30. The molecular weight excluding hydrogens is 242 g/mol. The number of H-pyrrole nitrogens is 1. The highest BCUT2D eigenvalue weighted by Crippen LogP contribution is 2.17. The number of hydrogen-bond donors (Lipinski definition) is 2. The third-order valence-corrected chi connectivity index (χ3v) is 3.16. The predicted molar refractivity (Wildman–Crippen MR) is 60.0 cm³/mol. The molecule has 0 atom stereocenters. The van der Waals surface area contributed by atoms with Crippen LogP contribution in [-0.2, 0) is 6.54 Å². The average Bonchev–Trinajstić information content (AvgIpc) is 2.63. The minimum Gasteiger partial charge on any atom is -0.336 e. The summed E-state index contributed by atoms with van der Waals surface area (Å²) < 4.78 is 0.956. The van der Waals surface area contributed by atoms with Crippen LogP contribution in [0.1, 0.15) is 37.9 Å². The fraction of sp³-hybridized carbons (Fsp3) is 0.700. The van der Waals surface area contributed by atoms with E-state index in [-0.39, 0.29) is 0 Å². The molecule has 0 unspecified atom stereocenters. The largest absolute Gasteiger partial charge is 0.336 e. The van der Waals surface area contributed by atoms with E-state index in [4.69, 9.17) is 0 Å². The molecule has 2 rings (SSSR count). The summed E-state index contributed by atoms with van der Waals surface area (Å²) in [6.45, 7) is 0.857. The van der Waals surface area contributed by atoms with Crippen molar-refractivity contribution in [1.29, 1.82) is 0 Å². The first-order chi connectivity index (χ1) is 6.84. The van der Waals surface area contributed by atoms with Crippen LogP contribution in [-0.4, -0.2) is 16.0 Å². The molecule has 1 heterocycles. The molecule has 0 bridgehead atoms. The van der Waals surface area contributed by atoms with E-state index in [0.717, 1.165) is 17.0 Å². The molecule has 1 saturated carbocycles. The van der Waals surface area contributed by atoms with Gasteiger partial charge < -0.3 is 10.3 Å². The van der Waals surface area contributed by atoms with Gasteiger partial charge in [-0.15, -0.1) is 0 Å². The van der Waals surface area contributed by atoms with Gasteiger partial charge in [-0.1, -0.05) is 19.3 Å². The van der Waals surface area contributed by atoms with E-state index in [9.17, 15) is 0 Å². The zero-order valence-electron chi connectivity index (χ0n) is 8.22. The Kier molecular flexibility index (Phi) is 3.59. The third-order valence-electron chi connectivity index (χ3n) is 2.76. The lowest BCUT2D eigenvalue weighted by molar-refractivity contribution is 0.369. The van der Waals surface area contributed by atoms with Crippen molar-refractivity contribution in [3.05, 3.63) is 16.6 Å². The highest BCUT2D eigenvalue weighted by Gasteiger charge is 2.12. The first kappa shape index (κ1) is 10.2. The summed E-state index contributed by atoms with van der Waals surface area (Å²) in [6.07, 6.45) is 8.60. The van der Waals surface area contributed by atoms with E-state index in [0.29, 0.717) is 6.04 Å². The normalized spacial score (nSPS) is 18.6. The maximum atomic E-state index is 4.24. The van der Waals surface area contributed by atoms with Gasteiger partial charge >= 0.3 is 0 Å². The van der Waals surface area contributed by atoms with Crippen LogP contribution in [0.4, 0.5) is 0 Å². The Bertz CT molecular complexity index is 279. The van der Waals surface area contributed by atoms with Gasteiger partial charge in [-0.25, -0.2) is 4.98 Å². The molecule has 1 aromatic rings. The number of imidazole rings is 1. The number of rotatable bonds is 3. The quantitative estimate of drug-likeness (QED) is 0.874. The first-order valence-electron chi connectivity index (χ1n) is 5.27. The van der Waals surface area contributed by atoms with E-state index in [1.807, 2.05) is 0 Å². The Hall–Kier alpha value is -0.350. The molecule has 0 aliphatic heterocycles. The fourth-order valence-electron chi connectivity index (χ4n) is 1.97. The Morgan fingerprint density at radius 3 is 2.86 bits per heavy atom. The van der Waals surface area contributed by atoms with Crippen LogP contribution in [0.3, 0.4) is 0 Å². The number of halogens is 1. The van der Waals surface area contributed by atoms with Gasteiger partial charge in [0.25, 0.3) is 0 Å². The fourth-order valence-corrected chi connectivity index (χ4v) is 2.31. The topological polar surface area (TPSA) is 40.7 Å². The highest BCUT2D eigenvalue weighted by molar-refractivity contribution is 9.10. The van der Waals surface area contributed by atoms with Crippen LogP contribution in [0.5, 0.6) is 0 Å². The van der Waals surface area contributed by atoms with Crippen molar-refractivity contribution in [1.82, 2.24) is 15.3 Å². The van der Waals surface area contributed by atoms with E-state index in [2.05, 4.69) is 31.2 Å². The number of nitrogens with zero attached hydrogens (tertiary/aromatic N) is 1. The van der Waals surface area contributed by atoms with Crippen LogP contribution in [0, 0.1) is 0 Å². The molecule has 14 heavy (non-hydrogen) atoms. The monoisotopic (exact) mass is 257 g/mol. The Morgan fingerprint density at radius 2 is 2.21 bits per heavy atom. The zero-order valence-corrected chi connectivity index (χ0v) is 9.81. The average molecular weight is 258 g/mol. The summed E-state index contributed by atoms with van der Waals surface area (Å²) in [5.74, 6) is 1.02. The molecule has 4 heteroatoms. The van der Waals surface area contributed by atoms with Gasteiger partial charge in [0.1, 0.15) is 10.4 Å². The van der Waals surface area contributed by atoms with Crippen LogP contribution >= 0.6 is 15.9 Å². The Balaban J connectivity index is 1.76. The molecule has 1 aromatic heterocycles. The molecule has 78 valence electrons. The molecule has 2 N–H and O–H groups in total. The van der Waals surface area contributed by atoms with Gasteiger partial charge in [0.2, 0.25) is 0 Å². The van der Waals surface area contributed by atoms with Gasteiger partial charge in [-0.3, -0.25) is 0 Å². The lowest BCUT2D eigenvalue weighted by Gasteiger charge is -2.22. The molecule has 0 radical (unpaired) electrons. The summed E-state index contributed by atoms with van der Waals surface area (Å²) in [6, 6.07) is 0.702. The molecule has 1 aliphatic rings. The van der Waals surface area contributed by atoms with Gasteiger partial charge in [-0.2, -0.15) is 0 Å². The molecule has 1 fully saturated rings. The molecule has 0 saturated heterocycles. The van der Waals surface area contributed by atoms with E-state index >= 15 is 0 Å². The molecule has 0 aromatic carbocycles.